The molecule has 2 heterocycles. The smallest absolute Gasteiger partial charge is 0.173 e. The molecule has 0 aromatic carbocycles. The number of nitrogens with two attached hydrogens (primary N) is 1. The van der Waals surface area contributed by atoms with Gasteiger partial charge >= 0.3 is 0 Å². The van der Waals surface area contributed by atoms with Gasteiger partial charge in [0.25, 0.3) is 0 Å². The Morgan fingerprint density at radius 1 is 1.40 bits per heavy atom. The first-order valence-corrected chi connectivity index (χ1v) is 2.65. The van der Waals surface area contributed by atoms with Gasteiger partial charge in [0.2, 0.25) is 0 Å². The van der Waals surface area contributed by atoms with Crippen LogP contribution in [0.25, 0.3) is 5.52 Å². The van der Waals surface area contributed by atoms with Gasteiger partial charge in [0.15, 0.2) is 5.82 Å². The molecule has 2 N–H and O–H groups in total. The van der Waals surface area contributed by atoms with E-state index in [9.17, 15) is 0 Å². The van der Waals surface area contributed by atoms with Crippen molar-refractivity contribution in [1.29, 1.82) is 0 Å². The van der Waals surface area contributed by atoms with E-state index in [0.717, 1.165) is 0 Å². The van der Waals surface area contributed by atoms with Gasteiger partial charge in [0, 0.05) is 0 Å². The van der Waals surface area contributed by atoms with Gasteiger partial charge in [-0.25, -0.2) is 0 Å². The minimum Gasteiger partial charge on any atom is -0.380 e. The van der Waals surface area contributed by atoms with Crippen molar-refractivity contribution in [1.82, 2.24) is 25.0 Å². The van der Waals surface area contributed by atoms with Gasteiger partial charge < -0.3 is 5.73 Å². The molecule has 2 rings (SSSR count). The predicted octanol–water partition coefficient (Wildman–Crippen LogP) is -0.899. The Morgan fingerprint density at radius 3 is 3.10 bits per heavy atom. The van der Waals surface area contributed by atoms with Crippen molar-refractivity contribution < 1.29 is 0 Å². The van der Waals surface area contributed by atoms with Crippen LogP contribution in [0.1, 0.15) is 0 Å². The van der Waals surface area contributed by atoms with Gasteiger partial charge in [0.1, 0.15) is 11.8 Å². The van der Waals surface area contributed by atoms with Crippen LogP contribution in [-0.2, 0) is 0 Å². The van der Waals surface area contributed by atoms with Crippen LogP contribution >= 0.6 is 0 Å². The zero-order valence-corrected chi connectivity index (χ0v) is 4.97. The van der Waals surface area contributed by atoms with E-state index in [1.807, 2.05) is 0 Å². The summed E-state index contributed by atoms with van der Waals surface area (Å²) in [5, 5.41) is 14.5. The van der Waals surface area contributed by atoms with E-state index in [4.69, 9.17) is 5.73 Å². The lowest BCUT2D eigenvalue weighted by Gasteiger charge is -1.90. The van der Waals surface area contributed by atoms with E-state index in [0.29, 0.717) is 11.3 Å². The van der Waals surface area contributed by atoms with Crippen molar-refractivity contribution in [3.8, 4) is 0 Å². The third-order valence-electron chi connectivity index (χ3n) is 1.16. The highest BCUT2D eigenvalue weighted by molar-refractivity contribution is 5.61. The normalized spacial score (nSPS) is 10.4. The lowest BCUT2D eigenvalue weighted by molar-refractivity contribution is 0.810. The Labute approximate surface area is 55.7 Å². The summed E-state index contributed by atoms with van der Waals surface area (Å²) in [6.45, 7) is 0. The summed E-state index contributed by atoms with van der Waals surface area (Å²) >= 11 is 0. The molecule has 0 aliphatic heterocycles. The van der Waals surface area contributed by atoms with Crippen LogP contribution in [0.4, 0.5) is 5.82 Å². The molecular weight excluding hydrogens is 132 g/mol. The van der Waals surface area contributed by atoms with Gasteiger partial charge in [-0.05, 0) is 0 Å². The molecule has 2 aromatic rings. The number of aromatic nitrogens is 5. The van der Waals surface area contributed by atoms with Gasteiger partial charge in [-0.1, -0.05) is 5.21 Å². The maximum Gasteiger partial charge on any atom is 0.173 e. The number of nitrogens with zero attached hydrogens (tertiary/aromatic N) is 5. The minimum atomic E-state index is 0.340. The van der Waals surface area contributed by atoms with Crippen LogP contribution in [0.3, 0.4) is 0 Å². The molecule has 0 unspecified atom stereocenters. The average molecular weight is 136 g/mol. The fraction of sp³-hybridized carbons (Fsp3) is 0. The quantitative estimate of drug-likeness (QED) is 0.507. The van der Waals surface area contributed by atoms with E-state index in [1.54, 1.807) is 0 Å². The standard InChI is InChI=1S/C4H4N6/c5-4-3-1-6-9-10(3)2-7-8-4/h1-2H,(H2,5,8). The molecule has 0 aliphatic carbocycles. The molecule has 0 spiro atoms. The third kappa shape index (κ3) is 0.524. The van der Waals surface area contributed by atoms with E-state index in [1.165, 1.54) is 17.0 Å². The summed E-state index contributed by atoms with van der Waals surface area (Å²) in [5.41, 5.74) is 6.10. The molecule has 0 atom stereocenters. The topological polar surface area (TPSA) is 82.0 Å². The number of nitrogen functional groups attached to an aromatic ring is 1. The van der Waals surface area contributed by atoms with E-state index in [-0.39, 0.29) is 0 Å². The summed E-state index contributed by atoms with van der Waals surface area (Å²) in [6, 6.07) is 0. The molecule has 0 fully saturated rings. The first kappa shape index (κ1) is 5.10. The van der Waals surface area contributed by atoms with E-state index < -0.39 is 0 Å². The molecule has 0 amide bonds. The molecule has 50 valence electrons. The van der Waals surface area contributed by atoms with Crippen LogP contribution in [0.5, 0.6) is 0 Å². The fourth-order valence-electron chi connectivity index (χ4n) is 0.700. The largest absolute Gasteiger partial charge is 0.380 e. The Balaban J connectivity index is 2.95. The van der Waals surface area contributed by atoms with Crippen molar-refractivity contribution in [3.63, 3.8) is 0 Å². The summed E-state index contributed by atoms with van der Waals surface area (Å²) in [7, 11) is 0. The first-order chi connectivity index (χ1) is 4.88. The molecule has 0 saturated carbocycles. The predicted molar refractivity (Wildman–Crippen MR) is 33.0 cm³/mol. The maximum atomic E-state index is 5.43. The van der Waals surface area contributed by atoms with Crippen molar-refractivity contribution in [3.05, 3.63) is 12.5 Å². The average Bonchev–Trinajstić information content (AvgIpc) is 2.36. The number of hydrogen-bond acceptors (Lipinski definition) is 5. The van der Waals surface area contributed by atoms with Crippen LogP contribution in [-0.4, -0.2) is 25.0 Å². The third-order valence-corrected chi connectivity index (χ3v) is 1.16. The molecule has 0 bridgehead atoms. The monoisotopic (exact) mass is 136 g/mol. The SMILES string of the molecule is Nc1nncn2nncc12. The maximum absolute atomic E-state index is 5.43. The number of rotatable bonds is 0. The zero-order chi connectivity index (χ0) is 6.97. The second kappa shape index (κ2) is 1.63. The Morgan fingerprint density at radius 2 is 2.30 bits per heavy atom. The first-order valence-electron chi connectivity index (χ1n) is 2.65. The summed E-state index contributed by atoms with van der Waals surface area (Å²) < 4.78 is 1.46. The van der Waals surface area contributed by atoms with Crippen LogP contribution < -0.4 is 5.73 Å². The molecule has 0 radical (unpaired) electrons. The lowest BCUT2D eigenvalue weighted by atomic mass is 10.6. The highest BCUT2D eigenvalue weighted by Crippen LogP contribution is 2.03. The Hall–Kier alpha value is -1.72. The molecule has 2 aromatic heterocycles. The molecule has 6 heteroatoms. The van der Waals surface area contributed by atoms with Crippen LogP contribution in [0.15, 0.2) is 12.5 Å². The van der Waals surface area contributed by atoms with Gasteiger partial charge in [-0.3, -0.25) is 0 Å². The Kier molecular flexibility index (Phi) is 0.830. The van der Waals surface area contributed by atoms with Crippen molar-refractivity contribution >= 4 is 11.3 Å². The lowest BCUT2D eigenvalue weighted by Crippen LogP contribution is -1.98. The van der Waals surface area contributed by atoms with Gasteiger partial charge in [0.05, 0.1) is 6.20 Å². The fourth-order valence-corrected chi connectivity index (χ4v) is 0.700. The number of hydrogen-bond donors (Lipinski definition) is 1. The van der Waals surface area contributed by atoms with Crippen molar-refractivity contribution in [2.75, 3.05) is 5.73 Å². The number of fused-ring (bicyclic) bond motifs is 1. The molecule has 0 saturated heterocycles. The minimum absolute atomic E-state index is 0.340. The van der Waals surface area contributed by atoms with E-state index >= 15 is 0 Å². The molecule has 10 heavy (non-hydrogen) atoms. The summed E-state index contributed by atoms with van der Waals surface area (Å²) in [4.78, 5) is 0. The second-order valence-electron chi connectivity index (χ2n) is 1.78. The highest BCUT2D eigenvalue weighted by Gasteiger charge is 1.98. The van der Waals surface area contributed by atoms with Crippen molar-refractivity contribution in [2.45, 2.75) is 0 Å². The Bertz CT molecular complexity index is 351. The highest BCUT2D eigenvalue weighted by atomic mass is 15.4. The zero-order valence-electron chi connectivity index (χ0n) is 4.97. The molecule has 6 nitrogen and oxygen atoms in total. The molecule has 0 aliphatic rings. The van der Waals surface area contributed by atoms with Crippen molar-refractivity contribution in [2.24, 2.45) is 0 Å². The second-order valence-corrected chi connectivity index (χ2v) is 1.78. The van der Waals surface area contributed by atoms with Crippen LogP contribution in [0.2, 0.25) is 0 Å². The van der Waals surface area contributed by atoms with Crippen LogP contribution in [0, 0.1) is 0 Å². The van der Waals surface area contributed by atoms with Gasteiger partial charge in [-0.2, -0.15) is 4.52 Å². The molecular formula is C4H4N6. The number of anilines is 1. The van der Waals surface area contributed by atoms with Gasteiger partial charge in [-0.15, -0.1) is 15.3 Å². The summed E-state index contributed by atoms with van der Waals surface area (Å²) in [6.07, 6.45) is 2.97. The van der Waals surface area contributed by atoms with E-state index in [2.05, 4.69) is 20.5 Å². The summed E-state index contributed by atoms with van der Waals surface area (Å²) in [5.74, 6) is 0.340.